The normalized spacial score (nSPS) is 17.3. The number of rotatable bonds is 6. The molecule has 1 saturated heterocycles. The average Bonchev–Trinajstić information content (AvgIpc) is 3.35. The Morgan fingerprint density at radius 2 is 2.03 bits per heavy atom. The van der Waals surface area contributed by atoms with Gasteiger partial charge in [-0.25, -0.2) is 4.98 Å². The highest BCUT2D eigenvalue weighted by molar-refractivity contribution is 6.03. The lowest BCUT2D eigenvalue weighted by atomic mass is 9.85. The Morgan fingerprint density at radius 3 is 2.69 bits per heavy atom. The SMILES string of the molecule is CN(C)CC(=O)N1CCC(c2ccc(NC(=O)c3ncc[nH]3)c(C3=CCCCC3)c2)CC1. The van der Waals surface area contributed by atoms with E-state index in [1.54, 1.807) is 12.4 Å². The van der Waals surface area contributed by atoms with E-state index in [4.69, 9.17) is 0 Å². The standard InChI is InChI=1S/C25H33N5O2/c1-29(2)17-23(31)30-14-10-18(11-15-30)20-8-9-22(28-25(32)24-26-12-13-27-24)21(16-20)19-6-4-3-5-7-19/h6,8-9,12-13,16,18H,3-5,7,10-11,14-15,17H2,1-2H3,(H,26,27)(H,28,32). The number of likely N-dealkylation sites (tertiary alicyclic amines) is 1. The second-order valence-electron chi connectivity index (χ2n) is 9.06. The van der Waals surface area contributed by atoms with E-state index in [1.807, 2.05) is 30.0 Å². The summed E-state index contributed by atoms with van der Waals surface area (Å²) in [5, 5.41) is 3.05. The second kappa shape index (κ2) is 10.1. The molecule has 2 aromatic rings. The van der Waals surface area contributed by atoms with Gasteiger partial charge in [-0.2, -0.15) is 0 Å². The highest BCUT2D eigenvalue weighted by atomic mass is 16.2. The third-order valence-corrected chi connectivity index (χ3v) is 6.41. The molecular formula is C25H33N5O2. The number of piperidine rings is 1. The van der Waals surface area contributed by atoms with Gasteiger partial charge in [-0.15, -0.1) is 0 Å². The van der Waals surface area contributed by atoms with Gasteiger partial charge in [0.2, 0.25) is 5.91 Å². The number of aromatic nitrogens is 2. The topological polar surface area (TPSA) is 81.3 Å². The Bertz CT molecular complexity index is 972. The minimum Gasteiger partial charge on any atom is -0.342 e. The number of amides is 2. The summed E-state index contributed by atoms with van der Waals surface area (Å²) < 4.78 is 0. The zero-order valence-electron chi connectivity index (χ0n) is 19.1. The molecule has 0 bridgehead atoms. The number of hydrogen-bond acceptors (Lipinski definition) is 4. The van der Waals surface area contributed by atoms with Crippen LogP contribution in [0.5, 0.6) is 0 Å². The van der Waals surface area contributed by atoms with E-state index >= 15 is 0 Å². The number of allylic oxidation sites excluding steroid dienone is 2. The third-order valence-electron chi connectivity index (χ3n) is 6.41. The summed E-state index contributed by atoms with van der Waals surface area (Å²) in [5.41, 5.74) is 4.56. The van der Waals surface area contributed by atoms with Crippen molar-refractivity contribution >= 4 is 23.1 Å². The van der Waals surface area contributed by atoms with E-state index in [0.29, 0.717) is 18.3 Å². The van der Waals surface area contributed by atoms with Crippen molar-refractivity contribution in [2.75, 3.05) is 39.0 Å². The number of anilines is 1. The molecule has 0 saturated carbocycles. The molecule has 7 heteroatoms. The molecule has 32 heavy (non-hydrogen) atoms. The first-order valence-electron chi connectivity index (χ1n) is 11.6. The molecule has 0 atom stereocenters. The van der Waals surface area contributed by atoms with Crippen LogP contribution in [0.4, 0.5) is 5.69 Å². The molecule has 1 aromatic heterocycles. The summed E-state index contributed by atoms with van der Waals surface area (Å²) in [5.74, 6) is 0.717. The number of H-pyrrole nitrogens is 1. The number of carbonyl (C=O) groups excluding carboxylic acids is 2. The Kier molecular flexibility index (Phi) is 7.05. The van der Waals surface area contributed by atoms with Gasteiger partial charge in [0.05, 0.1) is 6.54 Å². The van der Waals surface area contributed by atoms with Crippen molar-refractivity contribution in [2.24, 2.45) is 0 Å². The van der Waals surface area contributed by atoms with Gasteiger partial charge in [-0.3, -0.25) is 9.59 Å². The van der Waals surface area contributed by atoms with Gasteiger partial charge in [0.25, 0.3) is 5.91 Å². The fourth-order valence-electron chi connectivity index (χ4n) is 4.68. The minimum absolute atomic E-state index is 0.206. The molecule has 2 N–H and O–H groups in total. The molecule has 2 heterocycles. The van der Waals surface area contributed by atoms with Crippen molar-refractivity contribution < 1.29 is 9.59 Å². The molecule has 1 aliphatic heterocycles. The van der Waals surface area contributed by atoms with E-state index in [2.05, 4.69) is 33.5 Å². The van der Waals surface area contributed by atoms with Crippen LogP contribution in [-0.2, 0) is 4.79 Å². The first-order chi connectivity index (χ1) is 15.5. The first-order valence-corrected chi connectivity index (χ1v) is 11.6. The molecule has 2 aliphatic rings. The van der Waals surface area contributed by atoms with Gasteiger partial charge in [0.15, 0.2) is 5.82 Å². The summed E-state index contributed by atoms with van der Waals surface area (Å²) in [6, 6.07) is 6.42. The third kappa shape index (κ3) is 5.27. The van der Waals surface area contributed by atoms with Crippen LogP contribution in [-0.4, -0.2) is 65.3 Å². The Labute approximate surface area is 189 Å². The molecule has 1 fully saturated rings. The van der Waals surface area contributed by atoms with Crippen molar-refractivity contribution in [3.63, 3.8) is 0 Å². The first kappa shape index (κ1) is 22.3. The number of hydrogen-bond donors (Lipinski definition) is 2. The van der Waals surface area contributed by atoms with Crippen LogP contribution in [0.2, 0.25) is 0 Å². The molecular weight excluding hydrogens is 402 g/mol. The molecule has 1 aliphatic carbocycles. The quantitative estimate of drug-likeness (QED) is 0.721. The largest absolute Gasteiger partial charge is 0.342 e. The zero-order valence-corrected chi connectivity index (χ0v) is 19.1. The maximum atomic E-state index is 12.6. The molecule has 1 aromatic carbocycles. The number of nitrogens with zero attached hydrogens (tertiary/aromatic N) is 3. The molecule has 4 rings (SSSR count). The van der Waals surface area contributed by atoms with E-state index in [1.165, 1.54) is 24.0 Å². The van der Waals surface area contributed by atoms with Crippen LogP contribution >= 0.6 is 0 Å². The summed E-state index contributed by atoms with van der Waals surface area (Å²) in [7, 11) is 3.86. The highest BCUT2D eigenvalue weighted by Gasteiger charge is 2.25. The molecule has 0 radical (unpaired) electrons. The average molecular weight is 436 g/mol. The fraction of sp³-hybridized carbons (Fsp3) is 0.480. The Morgan fingerprint density at radius 1 is 1.22 bits per heavy atom. The van der Waals surface area contributed by atoms with E-state index in [-0.39, 0.29) is 11.8 Å². The second-order valence-corrected chi connectivity index (χ2v) is 9.06. The van der Waals surface area contributed by atoms with Crippen molar-refractivity contribution in [3.05, 3.63) is 53.6 Å². The van der Waals surface area contributed by atoms with E-state index in [0.717, 1.165) is 50.0 Å². The predicted molar refractivity (Wildman–Crippen MR) is 127 cm³/mol. The lowest BCUT2D eigenvalue weighted by Crippen LogP contribution is -2.42. The molecule has 7 nitrogen and oxygen atoms in total. The van der Waals surface area contributed by atoms with Crippen LogP contribution in [0.1, 0.15) is 66.2 Å². The molecule has 0 spiro atoms. The number of likely N-dealkylation sites (N-methyl/N-ethyl adjacent to an activating group) is 1. The number of carbonyl (C=O) groups is 2. The van der Waals surface area contributed by atoms with Crippen molar-refractivity contribution in [3.8, 4) is 0 Å². The van der Waals surface area contributed by atoms with Crippen LogP contribution in [0.15, 0.2) is 36.7 Å². The lowest BCUT2D eigenvalue weighted by molar-refractivity contribution is -0.132. The van der Waals surface area contributed by atoms with Gasteiger partial charge in [-0.05, 0) is 81.8 Å². The summed E-state index contributed by atoms with van der Waals surface area (Å²) in [6.07, 6.45) is 12.0. The van der Waals surface area contributed by atoms with E-state index < -0.39 is 0 Å². The van der Waals surface area contributed by atoms with Gasteiger partial charge in [0.1, 0.15) is 0 Å². The van der Waals surface area contributed by atoms with Crippen LogP contribution in [0, 0.1) is 0 Å². The minimum atomic E-state index is -0.229. The number of aromatic amines is 1. The van der Waals surface area contributed by atoms with Gasteiger partial charge in [0, 0.05) is 36.7 Å². The molecule has 0 unspecified atom stereocenters. The molecule has 2 amide bonds. The van der Waals surface area contributed by atoms with Crippen LogP contribution in [0.25, 0.3) is 5.57 Å². The maximum Gasteiger partial charge on any atom is 0.291 e. The number of benzene rings is 1. The zero-order chi connectivity index (χ0) is 22.5. The van der Waals surface area contributed by atoms with Crippen LogP contribution in [0.3, 0.4) is 0 Å². The summed E-state index contributed by atoms with van der Waals surface area (Å²) in [6.45, 7) is 2.06. The van der Waals surface area contributed by atoms with Crippen molar-refractivity contribution in [2.45, 2.75) is 44.4 Å². The maximum absolute atomic E-state index is 12.6. The number of nitrogens with one attached hydrogen (secondary N) is 2. The predicted octanol–water partition coefficient (Wildman–Crippen LogP) is 3.89. The molecule has 170 valence electrons. The van der Waals surface area contributed by atoms with Crippen LogP contribution < -0.4 is 5.32 Å². The summed E-state index contributed by atoms with van der Waals surface area (Å²) >= 11 is 0. The smallest absolute Gasteiger partial charge is 0.291 e. The fourth-order valence-corrected chi connectivity index (χ4v) is 4.68. The highest BCUT2D eigenvalue weighted by Crippen LogP contribution is 2.36. The Hall–Kier alpha value is -2.93. The van der Waals surface area contributed by atoms with Gasteiger partial charge in [-0.1, -0.05) is 12.1 Å². The van der Waals surface area contributed by atoms with E-state index in [9.17, 15) is 9.59 Å². The Balaban J connectivity index is 1.52. The monoisotopic (exact) mass is 435 g/mol. The van der Waals surface area contributed by atoms with Gasteiger partial charge < -0.3 is 20.1 Å². The summed E-state index contributed by atoms with van der Waals surface area (Å²) in [4.78, 5) is 35.8. The number of imidazole rings is 1. The van der Waals surface area contributed by atoms with Crippen molar-refractivity contribution in [1.29, 1.82) is 0 Å². The van der Waals surface area contributed by atoms with Crippen molar-refractivity contribution in [1.82, 2.24) is 19.8 Å². The lowest BCUT2D eigenvalue weighted by Gasteiger charge is -2.33. The van der Waals surface area contributed by atoms with Gasteiger partial charge >= 0.3 is 0 Å².